The number of aliphatic imine (C=N–C) groups is 1. The van der Waals surface area contributed by atoms with Gasteiger partial charge >= 0.3 is 0 Å². The number of aromatic nitrogens is 2. The Kier molecular flexibility index (Phi) is 8.69. The van der Waals surface area contributed by atoms with Gasteiger partial charge in [0.05, 0.1) is 17.8 Å². The lowest BCUT2D eigenvalue weighted by Gasteiger charge is -2.12. The van der Waals surface area contributed by atoms with Crippen molar-refractivity contribution in [2.45, 2.75) is 45.7 Å². The van der Waals surface area contributed by atoms with Crippen LogP contribution in [0.25, 0.3) is 10.9 Å². The lowest BCUT2D eigenvalue weighted by Crippen LogP contribution is -2.36. The van der Waals surface area contributed by atoms with E-state index in [0.29, 0.717) is 19.0 Å². The van der Waals surface area contributed by atoms with Crippen LogP contribution in [0.3, 0.4) is 0 Å². The molecule has 0 saturated carbocycles. The van der Waals surface area contributed by atoms with Crippen molar-refractivity contribution in [1.29, 1.82) is 0 Å². The van der Waals surface area contributed by atoms with Crippen molar-refractivity contribution in [3.8, 4) is 0 Å². The second-order valence-corrected chi connectivity index (χ2v) is 6.50. The smallest absolute Gasteiger partial charge is 0.191 e. The normalized spacial score (nSPS) is 11.5. The van der Waals surface area contributed by atoms with Crippen molar-refractivity contribution < 1.29 is 4.52 Å². The van der Waals surface area contributed by atoms with E-state index in [1.165, 1.54) is 5.56 Å². The first-order valence-corrected chi connectivity index (χ1v) is 9.47. The van der Waals surface area contributed by atoms with E-state index < -0.39 is 0 Å². The number of para-hydroxylation sites is 1. The van der Waals surface area contributed by atoms with Gasteiger partial charge in [0.2, 0.25) is 0 Å². The molecule has 3 rings (SSSR count). The molecule has 2 aromatic heterocycles. The van der Waals surface area contributed by atoms with Crippen LogP contribution < -0.4 is 10.6 Å². The van der Waals surface area contributed by atoms with Crippen molar-refractivity contribution in [1.82, 2.24) is 20.8 Å². The van der Waals surface area contributed by atoms with Crippen LogP contribution in [0.1, 0.15) is 49.6 Å². The molecule has 0 spiro atoms. The monoisotopic (exact) mass is 493 g/mol. The first-order valence-electron chi connectivity index (χ1n) is 9.47. The van der Waals surface area contributed by atoms with Gasteiger partial charge in [-0.25, -0.2) is 0 Å². The summed E-state index contributed by atoms with van der Waals surface area (Å²) in [6.07, 6.45) is 3.97. The quantitative estimate of drug-likeness (QED) is 0.286. The Morgan fingerprint density at radius 2 is 1.86 bits per heavy atom. The Balaban J connectivity index is 0.00000280. The Bertz CT molecular complexity index is 899. The van der Waals surface area contributed by atoms with Gasteiger partial charge in [0.15, 0.2) is 11.7 Å². The molecule has 0 fully saturated rings. The summed E-state index contributed by atoms with van der Waals surface area (Å²) < 4.78 is 5.46. The zero-order valence-corrected chi connectivity index (χ0v) is 18.9. The molecule has 0 aliphatic carbocycles. The topological polar surface area (TPSA) is 75.3 Å². The number of guanidine groups is 1. The standard InChI is InChI=1S/C21H27N5O.HI/c1-4-15(5-2)20-12-17(27-26-20)14-25-21(22-3)24-13-16-10-11-23-19-9-7-6-8-18(16)19;/h6-12,15H,4-5,13-14H2,1-3H3,(H2,22,24,25);1H. The Morgan fingerprint density at radius 3 is 2.61 bits per heavy atom. The summed E-state index contributed by atoms with van der Waals surface area (Å²) >= 11 is 0. The maximum absolute atomic E-state index is 5.46. The molecule has 7 heteroatoms. The fourth-order valence-corrected chi connectivity index (χ4v) is 3.19. The number of hydrogen-bond acceptors (Lipinski definition) is 4. The Labute approximate surface area is 183 Å². The van der Waals surface area contributed by atoms with Crippen molar-refractivity contribution in [2.75, 3.05) is 7.05 Å². The minimum atomic E-state index is 0. The van der Waals surface area contributed by atoms with Crippen molar-refractivity contribution in [3.63, 3.8) is 0 Å². The number of pyridine rings is 1. The van der Waals surface area contributed by atoms with E-state index in [9.17, 15) is 0 Å². The van der Waals surface area contributed by atoms with Crippen LogP contribution in [0.4, 0.5) is 0 Å². The molecule has 0 unspecified atom stereocenters. The van der Waals surface area contributed by atoms with Gasteiger partial charge in [0, 0.05) is 37.2 Å². The van der Waals surface area contributed by atoms with Gasteiger partial charge in [-0.15, -0.1) is 24.0 Å². The largest absolute Gasteiger partial charge is 0.359 e. The van der Waals surface area contributed by atoms with E-state index in [1.54, 1.807) is 7.05 Å². The van der Waals surface area contributed by atoms with E-state index >= 15 is 0 Å². The van der Waals surface area contributed by atoms with Gasteiger partial charge in [0.1, 0.15) is 0 Å². The second kappa shape index (κ2) is 11.0. The van der Waals surface area contributed by atoms with Gasteiger partial charge < -0.3 is 15.2 Å². The zero-order valence-electron chi connectivity index (χ0n) is 16.6. The van der Waals surface area contributed by atoms with Gasteiger partial charge in [0.25, 0.3) is 0 Å². The van der Waals surface area contributed by atoms with Crippen LogP contribution in [-0.4, -0.2) is 23.1 Å². The molecule has 0 radical (unpaired) electrons. The number of nitrogens with zero attached hydrogens (tertiary/aromatic N) is 3. The van der Waals surface area contributed by atoms with Gasteiger partial charge in [-0.3, -0.25) is 9.98 Å². The lowest BCUT2D eigenvalue weighted by atomic mass is 9.99. The average Bonchev–Trinajstić information content (AvgIpc) is 3.18. The van der Waals surface area contributed by atoms with Gasteiger partial charge in [-0.2, -0.15) is 0 Å². The summed E-state index contributed by atoms with van der Waals surface area (Å²) in [5.74, 6) is 1.99. The summed E-state index contributed by atoms with van der Waals surface area (Å²) in [5.41, 5.74) is 3.21. The molecular formula is C21H28IN5O. The van der Waals surface area contributed by atoms with Crippen LogP contribution in [-0.2, 0) is 13.1 Å². The van der Waals surface area contributed by atoms with E-state index in [1.807, 2.05) is 36.5 Å². The highest BCUT2D eigenvalue weighted by molar-refractivity contribution is 14.0. The number of rotatable bonds is 7. The van der Waals surface area contributed by atoms with Crippen LogP contribution in [0.2, 0.25) is 0 Å². The molecule has 0 atom stereocenters. The number of nitrogens with one attached hydrogen (secondary N) is 2. The first-order chi connectivity index (χ1) is 13.2. The maximum Gasteiger partial charge on any atom is 0.191 e. The number of hydrogen-bond donors (Lipinski definition) is 2. The zero-order chi connectivity index (χ0) is 19.1. The third-order valence-electron chi connectivity index (χ3n) is 4.82. The number of halogens is 1. The molecule has 150 valence electrons. The molecule has 0 aliphatic heterocycles. The summed E-state index contributed by atoms with van der Waals surface area (Å²) in [7, 11) is 1.76. The summed E-state index contributed by atoms with van der Waals surface area (Å²) in [6.45, 7) is 5.56. The van der Waals surface area contributed by atoms with Crippen LogP contribution in [0, 0.1) is 0 Å². The molecule has 0 bridgehead atoms. The highest BCUT2D eigenvalue weighted by Gasteiger charge is 2.13. The second-order valence-electron chi connectivity index (χ2n) is 6.50. The van der Waals surface area contributed by atoms with E-state index in [4.69, 9.17) is 4.52 Å². The summed E-state index contributed by atoms with van der Waals surface area (Å²) in [5, 5.41) is 12.0. The van der Waals surface area contributed by atoms with E-state index in [2.05, 4.69) is 45.7 Å². The Morgan fingerprint density at radius 1 is 1.11 bits per heavy atom. The van der Waals surface area contributed by atoms with Crippen LogP contribution in [0.5, 0.6) is 0 Å². The van der Waals surface area contributed by atoms with Crippen molar-refractivity contribution in [2.24, 2.45) is 4.99 Å². The SMILES string of the molecule is CCC(CC)c1cc(CNC(=NC)NCc2ccnc3ccccc23)on1.I. The fourth-order valence-electron chi connectivity index (χ4n) is 3.19. The average molecular weight is 493 g/mol. The predicted molar refractivity (Wildman–Crippen MR) is 124 cm³/mol. The number of benzene rings is 1. The summed E-state index contributed by atoms with van der Waals surface area (Å²) in [6, 6.07) is 12.2. The molecule has 0 amide bonds. The van der Waals surface area contributed by atoms with Crippen LogP contribution >= 0.6 is 24.0 Å². The van der Waals surface area contributed by atoms with E-state index in [-0.39, 0.29) is 24.0 Å². The van der Waals surface area contributed by atoms with Crippen molar-refractivity contribution in [3.05, 3.63) is 59.6 Å². The van der Waals surface area contributed by atoms with Crippen molar-refractivity contribution >= 4 is 40.8 Å². The van der Waals surface area contributed by atoms with Gasteiger partial charge in [-0.1, -0.05) is 37.2 Å². The molecular weight excluding hydrogens is 465 g/mol. The first kappa shape index (κ1) is 22.1. The molecule has 2 N–H and O–H groups in total. The molecule has 6 nitrogen and oxygen atoms in total. The summed E-state index contributed by atoms with van der Waals surface area (Å²) in [4.78, 5) is 8.69. The van der Waals surface area contributed by atoms with E-state index in [0.717, 1.165) is 41.2 Å². The maximum atomic E-state index is 5.46. The van der Waals surface area contributed by atoms with Gasteiger partial charge in [-0.05, 0) is 30.5 Å². The minimum Gasteiger partial charge on any atom is -0.359 e. The minimum absolute atomic E-state index is 0. The molecule has 28 heavy (non-hydrogen) atoms. The fraction of sp³-hybridized carbons (Fsp3) is 0.381. The molecule has 1 aromatic carbocycles. The molecule has 2 heterocycles. The highest BCUT2D eigenvalue weighted by Crippen LogP contribution is 2.22. The third kappa shape index (κ3) is 5.43. The Hall–Kier alpha value is -2.16. The molecule has 0 aliphatic rings. The number of fused-ring (bicyclic) bond motifs is 1. The van der Waals surface area contributed by atoms with Crippen LogP contribution in [0.15, 0.2) is 52.1 Å². The molecule has 0 saturated heterocycles. The highest BCUT2D eigenvalue weighted by atomic mass is 127. The molecule has 3 aromatic rings. The lowest BCUT2D eigenvalue weighted by molar-refractivity contribution is 0.368. The third-order valence-corrected chi connectivity index (χ3v) is 4.82. The predicted octanol–water partition coefficient (Wildman–Crippen LogP) is 4.61.